The monoisotopic (exact) mass is 282 g/mol. The number of hydrogen-bond acceptors (Lipinski definition) is 5. The molecule has 3 rings (SSSR count). The number of pyridine rings is 1. The quantitative estimate of drug-likeness (QED) is 0.896. The first-order chi connectivity index (χ1) is 10.2. The third-order valence-corrected chi connectivity index (χ3v) is 3.90. The molecule has 0 aliphatic heterocycles. The first-order valence-electron chi connectivity index (χ1n) is 7.16. The van der Waals surface area contributed by atoms with E-state index in [1.807, 2.05) is 31.2 Å². The van der Waals surface area contributed by atoms with E-state index in [4.69, 9.17) is 10.5 Å². The van der Waals surface area contributed by atoms with Gasteiger partial charge in [0.2, 0.25) is 0 Å². The lowest BCUT2D eigenvalue weighted by Gasteiger charge is -2.42. The lowest BCUT2D eigenvalue weighted by molar-refractivity contribution is -0.0127. The maximum absolute atomic E-state index is 9.30. The number of nitrogens with zero attached hydrogens (tertiary/aromatic N) is 2. The Kier molecular flexibility index (Phi) is 3.74. The summed E-state index contributed by atoms with van der Waals surface area (Å²) in [6.45, 7) is 2.65. The van der Waals surface area contributed by atoms with Crippen LogP contribution >= 0.6 is 0 Å². The Balaban J connectivity index is 1.89. The molecule has 5 nitrogen and oxygen atoms in total. The van der Waals surface area contributed by atoms with E-state index >= 15 is 0 Å². The highest BCUT2D eigenvalue weighted by Crippen LogP contribution is 2.27. The van der Waals surface area contributed by atoms with Gasteiger partial charge in [-0.15, -0.1) is 0 Å². The number of benzene rings is 1. The zero-order valence-electron chi connectivity index (χ0n) is 11.9. The summed E-state index contributed by atoms with van der Waals surface area (Å²) in [5.74, 6) is 0.676. The average molecular weight is 282 g/mol. The standard InChI is InChI=1S/C16H18N4O/c1-2-21-14-8-12(18)16(14)20-15-7-10(9-17)11-5-3-4-6-13(11)19-15/h3-7,12,14,16H,2,8,18H2,1H3,(H,19,20). The van der Waals surface area contributed by atoms with Crippen molar-refractivity contribution in [2.45, 2.75) is 31.5 Å². The molecule has 1 heterocycles. The van der Waals surface area contributed by atoms with Gasteiger partial charge in [-0.25, -0.2) is 4.98 Å². The van der Waals surface area contributed by atoms with Gasteiger partial charge in [-0.05, 0) is 25.5 Å². The Bertz CT molecular complexity index is 692. The number of aromatic nitrogens is 1. The molecule has 1 aliphatic rings. The molecule has 3 atom stereocenters. The molecular weight excluding hydrogens is 264 g/mol. The summed E-state index contributed by atoms with van der Waals surface area (Å²) in [7, 11) is 0. The van der Waals surface area contributed by atoms with Crippen LogP contribution in [-0.2, 0) is 4.74 Å². The number of para-hydroxylation sites is 1. The van der Waals surface area contributed by atoms with Crippen molar-refractivity contribution < 1.29 is 4.74 Å². The van der Waals surface area contributed by atoms with E-state index in [0.29, 0.717) is 18.0 Å². The molecule has 1 saturated carbocycles. The van der Waals surface area contributed by atoms with Crippen LogP contribution in [0.1, 0.15) is 18.9 Å². The van der Waals surface area contributed by atoms with Gasteiger partial charge in [-0.2, -0.15) is 5.26 Å². The minimum atomic E-state index is 0.0464. The molecular formula is C16H18N4O. The fourth-order valence-electron chi connectivity index (χ4n) is 2.74. The molecule has 0 saturated heterocycles. The molecule has 2 aromatic rings. The van der Waals surface area contributed by atoms with Crippen molar-refractivity contribution in [3.63, 3.8) is 0 Å². The molecule has 0 bridgehead atoms. The largest absolute Gasteiger partial charge is 0.376 e. The average Bonchev–Trinajstić information content (AvgIpc) is 2.51. The molecule has 1 aromatic heterocycles. The Morgan fingerprint density at radius 2 is 2.29 bits per heavy atom. The van der Waals surface area contributed by atoms with E-state index in [0.717, 1.165) is 17.3 Å². The van der Waals surface area contributed by atoms with Gasteiger partial charge in [0, 0.05) is 18.0 Å². The van der Waals surface area contributed by atoms with Gasteiger partial charge < -0.3 is 15.8 Å². The number of nitrogens with one attached hydrogen (secondary N) is 1. The summed E-state index contributed by atoms with van der Waals surface area (Å²) in [5.41, 5.74) is 7.46. The Labute approximate surface area is 123 Å². The second-order valence-electron chi connectivity index (χ2n) is 5.25. The Morgan fingerprint density at radius 3 is 3.00 bits per heavy atom. The SMILES string of the molecule is CCOC1CC(N)C1Nc1cc(C#N)c2ccccc2n1. The van der Waals surface area contributed by atoms with E-state index in [9.17, 15) is 5.26 Å². The van der Waals surface area contributed by atoms with E-state index in [-0.39, 0.29) is 18.2 Å². The van der Waals surface area contributed by atoms with E-state index in [2.05, 4.69) is 16.4 Å². The first kappa shape index (κ1) is 13.8. The summed E-state index contributed by atoms with van der Waals surface area (Å²) in [6, 6.07) is 11.7. The topological polar surface area (TPSA) is 84.0 Å². The van der Waals surface area contributed by atoms with E-state index in [1.165, 1.54) is 0 Å². The first-order valence-corrected chi connectivity index (χ1v) is 7.16. The highest BCUT2D eigenvalue weighted by Gasteiger charge is 2.39. The number of ether oxygens (including phenoxy) is 1. The van der Waals surface area contributed by atoms with E-state index in [1.54, 1.807) is 6.07 Å². The molecule has 108 valence electrons. The number of nitrogens with two attached hydrogens (primary N) is 1. The highest BCUT2D eigenvalue weighted by molar-refractivity contribution is 5.86. The predicted octanol–water partition coefficient (Wildman–Crippen LogP) is 2.02. The van der Waals surface area contributed by atoms with Crippen LogP contribution in [0.3, 0.4) is 0 Å². The van der Waals surface area contributed by atoms with Crippen molar-refractivity contribution in [1.82, 2.24) is 4.98 Å². The fraction of sp³-hybridized carbons (Fsp3) is 0.375. The van der Waals surface area contributed by atoms with Gasteiger partial charge in [-0.1, -0.05) is 18.2 Å². The molecule has 5 heteroatoms. The third-order valence-electron chi connectivity index (χ3n) is 3.90. The molecule has 3 unspecified atom stereocenters. The maximum atomic E-state index is 9.30. The number of rotatable bonds is 4. The second-order valence-corrected chi connectivity index (χ2v) is 5.25. The lowest BCUT2D eigenvalue weighted by Crippen LogP contribution is -2.60. The van der Waals surface area contributed by atoms with Crippen molar-refractivity contribution in [3.8, 4) is 6.07 Å². The summed E-state index contributed by atoms with van der Waals surface area (Å²) in [5, 5.41) is 13.5. The van der Waals surface area contributed by atoms with Crippen molar-refractivity contribution >= 4 is 16.7 Å². The molecule has 0 amide bonds. The highest BCUT2D eigenvalue weighted by atomic mass is 16.5. The van der Waals surface area contributed by atoms with Crippen LogP contribution in [0.5, 0.6) is 0 Å². The van der Waals surface area contributed by atoms with E-state index < -0.39 is 0 Å². The zero-order valence-corrected chi connectivity index (χ0v) is 11.9. The molecule has 3 N–H and O–H groups in total. The number of fused-ring (bicyclic) bond motifs is 1. The van der Waals surface area contributed by atoms with Gasteiger partial charge in [-0.3, -0.25) is 0 Å². The minimum Gasteiger partial charge on any atom is -0.376 e. The van der Waals surface area contributed by atoms with Crippen LogP contribution in [0, 0.1) is 11.3 Å². The molecule has 0 radical (unpaired) electrons. The van der Waals surface area contributed by atoms with Gasteiger partial charge in [0.05, 0.1) is 29.3 Å². The summed E-state index contributed by atoms with van der Waals surface area (Å²) >= 11 is 0. The predicted molar refractivity (Wildman–Crippen MR) is 81.9 cm³/mol. The molecule has 1 aliphatic carbocycles. The number of hydrogen-bond donors (Lipinski definition) is 2. The second kappa shape index (κ2) is 5.68. The van der Waals surface area contributed by atoms with Crippen molar-refractivity contribution in [2.24, 2.45) is 5.73 Å². The summed E-state index contributed by atoms with van der Waals surface area (Å²) in [6.07, 6.45) is 0.966. The maximum Gasteiger partial charge on any atom is 0.128 e. The van der Waals surface area contributed by atoms with Crippen LogP contribution in [-0.4, -0.2) is 29.8 Å². The minimum absolute atomic E-state index is 0.0464. The summed E-state index contributed by atoms with van der Waals surface area (Å²) < 4.78 is 5.64. The zero-order chi connectivity index (χ0) is 14.8. The number of nitriles is 1. The van der Waals surface area contributed by atoms with Gasteiger partial charge in [0.15, 0.2) is 0 Å². The van der Waals surface area contributed by atoms with Crippen LogP contribution in [0.2, 0.25) is 0 Å². The molecule has 1 fully saturated rings. The molecule has 21 heavy (non-hydrogen) atoms. The fourth-order valence-corrected chi connectivity index (χ4v) is 2.74. The smallest absolute Gasteiger partial charge is 0.128 e. The molecule has 1 aromatic carbocycles. The van der Waals surface area contributed by atoms with Gasteiger partial charge in [0.1, 0.15) is 5.82 Å². The van der Waals surface area contributed by atoms with Gasteiger partial charge >= 0.3 is 0 Å². The van der Waals surface area contributed by atoms with Gasteiger partial charge in [0.25, 0.3) is 0 Å². The van der Waals surface area contributed by atoms with Crippen molar-refractivity contribution in [3.05, 3.63) is 35.9 Å². The summed E-state index contributed by atoms with van der Waals surface area (Å²) in [4.78, 5) is 4.56. The van der Waals surface area contributed by atoms with Crippen molar-refractivity contribution in [1.29, 1.82) is 5.26 Å². The Morgan fingerprint density at radius 1 is 1.48 bits per heavy atom. The Hall–Kier alpha value is -2.16. The third kappa shape index (κ3) is 2.56. The van der Waals surface area contributed by atoms with Crippen LogP contribution < -0.4 is 11.1 Å². The normalized spacial score (nSPS) is 24.3. The van der Waals surface area contributed by atoms with Crippen molar-refractivity contribution in [2.75, 3.05) is 11.9 Å². The van der Waals surface area contributed by atoms with Crippen LogP contribution in [0.4, 0.5) is 5.82 Å². The number of anilines is 1. The molecule has 0 spiro atoms. The lowest BCUT2D eigenvalue weighted by atomic mass is 9.83. The van der Waals surface area contributed by atoms with Crippen LogP contribution in [0.15, 0.2) is 30.3 Å². The van der Waals surface area contributed by atoms with Crippen LogP contribution in [0.25, 0.3) is 10.9 Å².